The molecule has 1 aromatic carbocycles. The molecule has 1 heterocycles. The van der Waals surface area contributed by atoms with Crippen molar-refractivity contribution in [1.82, 2.24) is 0 Å². The molecule has 1 fully saturated rings. The van der Waals surface area contributed by atoms with Gasteiger partial charge >= 0.3 is 0 Å². The highest BCUT2D eigenvalue weighted by molar-refractivity contribution is 6.35. The number of hydrogen-bond acceptors (Lipinski definition) is 3. The van der Waals surface area contributed by atoms with Crippen LogP contribution in [0.15, 0.2) is 18.2 Å². The number of carbonyl (C=O) groups excluding carboxylic acids is 1. The minimum atomic E-state index is -0.272. The van der Waals surface area contributed by atoms with Crippen LogP contribution in [0.4, 0.5) is 5.69 Å². The number of hydrogen-bond donors (Lipinski definition) is 1. The molecule has 0 saturated carbocycles. The van der Waals surface area contributed by atoms with Crippen LogP contribution in [0.2, 0.25) is 5.02 Å². The lowest BCUT2D eigenvalue weighted by Crippen LogP contribution is -2.51. The molecule has 14 heavy (non-hydrogen) atoms. The number of aliphatic hydroxyl groups excluding tert-OH is 1. The first-order valence-corrected chi connectivity index (χ1v) is 4.77. The van der Waals surface area contributed by atoms with E-state index in [2.05, 4.69) is 0 Å². The van der Waals surface area contributed by atoms with Gasteiger partial charge in [0.25, 0.3) is 0 Å². The molecule has 0 unspecified atom stereocenters. The van der Waals surface area contributed by atoms with Crippen LogP contribution >= 0.6 is 11.6 Å². The minimum absolute atomic E-state index is 0.272. The van der Waals surface area contributed by atoms with Crippen LogP contribution in [0.1, 0.15) is 10.4 Å². The highest BCUT2D eigenvalue weighted by atomic mass is 35.5. The predicted octanol–water partition coefficient (Wildman–Crippen LogP) is 1.33. The van der Waals surface area contributed by atoms with Gasteiger partial charge < -0.3 is 10.0 Å². The zero-order chi connectivity index (χ0) is 10.1. The van der Waals surface area contributed by atoms with E-state index in [-0.39, 0.29) is 6.10 Å². The molecule has 0 bridgehead atoms. The monoisotopic (exact) mass is 211 g/mol. The highest BCUT2D eigenvalue weighted by Gasteiger charge is 2.26. The van der Waals surface area contributed by atoms with Gasteiger partial charge in [0.05, 0.1) is 16.8 Å². The van der Waals surface area contributed by atoms with Gasteiger partial charge in [-0.2, -0.15) is 0 Å². The van der Waals surface area contributed by atoms with Gasteiger partial charge in [-0.3, -0.25) is 4.79 Å². The van der Waals surface area contributed by atoms with Crippen molar-refractivity contribution in [3.05, 3.63) is 28.8 Å². The molecule has 0 aliphatic carbocycles. The summed E-state index contributed by atoms with van der Waals surface area (Å²) in [6, 6.07) is 5.31. The Morgan fingerprint density at radius 2 is 2.21 bits per heavy atom. The SMILES string of the molecule is O=Cc1cccc(N2CC(O)C2)c1Cl. The van der Waals surface area contributed by atoms with Crippen LogP contribution in [-0.4, -0.2) is 30.6 Å². The van der Waals surface area contributed by atoms with E-state index in [4.69, 9.17) is 16.7 Å². The Kier molecular flexibility index (Phi) is 2.44. The van der Waals surface area contributed by atoms with Gasteiger partial charge in [-0.05, 0) is 6.07 Å². The van der Waals surface area contributed by atoms with Crippen LogP contribution in [-0.2, 0) is 0 Å². The van der Waals surface area contributed by atoms with Crippen molar-refractivity contribution in [1.29, 1.82) is 0 Å². The zero-order valence-corrected chi connectivity index (χ0v) is 8.24. The number of carbonyl (C=O) groups is 1. The molecule has 1 N–H and O–H groups in total. The second kappa shape index (κ2) is 3.59. The van der Waals surface area contributed by atoms with Gasteiger partial charge in [0.1, 0.15) is 0 Å². The number of nitrogens with zero attached hydrogens (tertiary/aromatic N) is 1. The lowest BCUT2D eigenvalue weighted by atomic mass is 10.1. The number of β-amino-alcohol motifs (C(OH)–C–C–N with tert-alkyl or cyclic N) is 1. The van der Waals surface area contributed by atoms with E-state index in [1.165, 1.54) is 0 Å². The van der Waals surface area contributed by atoms with E-state index in [9.17, 15) is 4.79 Å². The predicted molar refractivity (Wildman–Crippen MR) is 55.1 cm³/mol. The summed E-state index contributed by atoms with van der Waals surface area (Å²) in [5, 5.41) is 9.61. The lowest BCUT2D eigenvalue weighted by Gasteiger charge is -2.38. The van der Waals surface area contributed by atoms with Crippen molar-refractivity contribution in [3.8, 4) is 0 Å². The number of anilines is 1. The second-order valence-corrected chi connectivity index (χ2v) is 3.73. The molecule has 74 valence electrons. The molecule has 1 aromatic rings. The summed E-state index contributed by atoms with van der Waals surface area (Å²) in [5.74, 6) is 0. The maximum Gasteiger partial charge on any atom is 0.151 e. The van der Waals surface area contributed by atoms with E-state index >= 15 is 0 Å². The van der Waals surface area contributed by atoms with E-state index < -0.39 is 0 Å². The Bertz CT molecular complexity index is 361. The molecule has 0 radical (unpaired) electrons. The lowest BCUT2D eigenvalue weighted by molar-refractivity contribution is 0.112. The summed E-state index contributed by atoms with van der Waals surface area (Å²) in [6.07, 6.45) is 0.466. The molecule has 1 aliphatic rings. The standard InChI is InChI=1S/C10H10ClNO2/c11-10-7(6-13)2-1-3-9(10)12-4-8(14)5-12/h1-3,6,8,14H,4-5H2. The maximum absolute atomic E-state index is 10.6. The fraction of sp³-hybridized carbons (Fsp3) is 0.300. The molecular weight excluding hydrogens is 202 g/mol. The highest BCUT2D eigenvalue weighted by Crippen LogP contribution is 2.31. The summed E-state index contributed by atoms with van der Waals surface area (Å²) >= 11 is 6.01. The third-order valence-corrected chi connectivity index (χ3v) is 2.75. The van der Waals surface area contributed by atoms with Gasteiger partial charge in [0.15, 0.2) is 6.29 Å². The first-order chi connectivity index (χ1) is 6.72. The van der Waals surface area contributed by atoms with E-state index in [1.807, 2.05) is 11.0 Å². The molecule has 3 nitrogen and oxygen atoms in total. The van der Waals surface area contributed by atoms with Gasteiger partial charge in [0, 0.05) is 18.7 Å². The molecule has 0 amide bonds. The Hall–Kier alpha value is -1.06. The van der Waals surface area contributed by atoms with Crippen molar-refractivity contribution in [3.63, 3.8) is 0 Å². The maximum atomic E-state index is 10.6. The quantitative estimate of drug-likeness (QED) is 0.751. The smallest absolute Gasteiger partial charge is 0.151 e. The molecular formula is C10H10ClNO2. The number of aliphatic hydroxyl groups is 1. The molecule has 1 aliphatic heterocycles. The minimum Gasteiger partial charge on any atom is -0.389 e. The largest absolute Gasteiger partial charge is 0.389 e. The van der Waals surface area contributed by atoms with Crippen molar-refractivity contribution in [2.45, 2.75) is 6.10 Å². The Labute approximate surface area is 86.9 Å². The number of benzene rings is 1. The number of rotatable bonds is 2. The summed E-state index contributed by atoms with van der Waals surface area (Å²) in [4.78, 5) is 12.6. The van der Waals surface area contributed by atoms with Gasteiger partial charge in [-0.25, -0.2) is 0 Å². The van der Waals surface area contributed by atoms with E-state index in [0.29, 0.717) is 23.7 Å². The number of aldehydes is 1. The van der Waals surface area contributed by atoms with Crippen molar-refractivity contribution >= 4 is 23.6 Å². The average molecular weight is 212 g/mol. The Morgan fingerprint density at radius 1 is 1.50 bits per heavy atom. The second-order valence-electron chi connectivity index (χ2n) is 3.36. The average Bonchev–Trinajstić information content (AvgIpc) is 2.14. The first-order valence-electron chi connectivity index (χ1n) is 4.39. The van der Waals surface area contributed by atoms with Crippen LogP contribution < -0.4 is 4.90 Å². The fourth-order valence-electron chi connectivity index (χ4n) is 1.52. The van der Waals surface area contributed by atoms with Crippen LogP contribution in [0.5, 0.6) is 0 Å². The fourth-order valence-corrected chi connectivity index (χ4v) is 1.81. The summed E-state index contributed by atoms with van der Waals surface area (Å²) in [7, 11) is 0. The Balaban J connectivity index is 2.29. The van der Waals surface area contributed by atoms with Crippen LogP contribution in [0, 0.1) is 0 Å². The summed E-state index contributed by atoms with van der Waals surface area (Å²) < 4.78 is 0. The van der Waals surface area contributed by atoms with Crippen molar-refractivity contribution in [2.75, 3.05) is 18.0 Å². The van der Waals surface area contributed by atoms with Gasteiger partial charge in [-0.1, -0.05) is 23.7 Å². The topological polar surface area (TPSA) is 40.5 Å². The number of halogens is 1. The molecule has 4 heteroatoms. The zero-order valence-electron chi connectivity index (χ0n) is 7.48. The summed E-state index contributed by atoms with van der Waals surface area (Å²) in [5.41, 5.74) is 1.31. The Morgan fingerprint density at radius 3 is 2.79 bits per heavy atom. The van der Waals surface area contributed by atoms with Gasteiger partial charge in [0.2, 0.25) is 0 Å². The summed E-state index contributed by atoms with van der Waals surface area (Å²) in [6.45, 7) is 1.17. The molecule has 0 spiro atoms. The van der Waals surface area contributed by atoms with Crippen LogP contribution in [0.25, 0.3) is 0 Å². The van der Waals surface area contributed by atoms with Crippen molar-refractivity contribution in [2.24, 2.45) is 0 Å². The normalized spacial score (nSPS) is 16.6. The molecule has 0 aromatic heterocycles. The molecule has 2 rings (SSSR count). The third-order valence-electron chi connectivity index (χ3n) is 2.34. The van der Waals surface area contributed by atoms with Gasteiger partial charge in [-0.15, -0.1) is 0 Å². The molecule has 1 saturated heterocycles. The molecule has 0 atom stereocenters. The van der Waals surface area contributed by atoms with Crippen LogP contribution in [0.3, 0.4) is 0 Å². The van der Waals surface area contributed by atoms with E-state index in [1.54, 1.807) is 12.1 Å². The van der Waals surface area contributed by atoms with Crippen molar-refractivity contribution < 1.29 is 9.90 Å². The first kappa shape index (κ1) is 9.49. The third kappa shape index (κ3) is 1.49. The van der Waals surface area contributed by atoms with E-state index in [0.717, 1.165) is 12.0 Å².